The molecular weight excluding hydrogens is 300 g/mol. The average molecular weight is 326 g/mol. The second-order valence-electron chi connectivity index (χ2n) is 5.57. The molecule has 0 fully saturated rings. The van der Waals surface area contributed by atoms with Crippen LogP contribution >= 0.6 is 0 Å². The second kappa shape index (κ2) is 9.73. The molecule has 0 bridgehead atoms. The largest absolute Gasteiger partial charge is 0.492 e. The van der Waals surface area contributed by atoms with Gasteiger partial charge in [0.1, 0.15) is 11.8 Å². The molecule has 4 heteroatoms. The second-order valence-corrected chi connectivity index (χ2v) is 5.57. The number of para-hydroxylation sites is 2. The fraction of sp³-hybridized carbons (Fsp3) is 0.350. The Hall–Kier alpha value is -2.33. The quantitative estimate of drug-likeness (QED) is 0.681. The van der Waals surface area contributed by atoms with Crippen LogP contribution in [0.2, 0.25) is 0 Å². The van der Waals surface area contributed by atoms with Crippen LogP contribution in [-0.2, 0) is 4.79 Å². The highest BCUT2D eigenvalue weighted by atomic mass is 16.5. The van der Waals surface area contributed by atoms with Crippen LogP contribution in [0.1, 0.15) is 38.3 Å². The minimum absolute atomic E-state index is 0.0792. The lowest BCUT2D eigenvalue weighted by Crippen LogP contribution is -2.33. The molecule has 0 heterocycles. The maximum Gasteiger partial charge on any atom is 0.246 e. The van der Waals surface area contributed by atoms with Crippen molar-refractivity contribution in [3.8, 4) is 5.75 Å². The van der Waals surface area contributed by atoms with E-state index in [-0.39, 0.29) is 11.9 Å². The number of nitrogens with one attached hydrogen (secondary N) is 2. The predicted molar refractivity (Wildman–Crippen MR) is 98.3 cm³/mol. The number of amides is 1. The van der Waals surface area contributed by atoms with Crippen molar-refractivity contribution in [1.29, 1.82) is 0 Å². The Morgan fingerprint density at radius 1 is 1.04 bits per heavy atom. The van der Waals surface area contributed by atoms with Gasteiger partial charge in [0.05, 0.1) is 12.3 Å². The Balaban J connectivity index is 2.15. The van der Waals surface area contributed by atoms with Gasteiger partial charge >= 0.3 is 0 Å². The summed E-state index contributed by atoms with van der Waals surface area (Å²) in [5, 5.41) is 6.35. The summed E-state index contributed by atoms with van der Waals surface area (Å²) in [7, 11) is 0. The van der Waals surface area contributed by atoms with Crippen molar-refractivity contribution in [2.75, 3.05) is 18.5 Å². The number of unbranched alkanes of at least 4 members (excludes halogenated alkanes) is 1. The Kier molecular flexibility index (Phi) is 7.30. The van der Waals surface area contributed by atoms with Crippen molar-refractivity contribution in [2.24, 2.45) is 0 Å². The van der Waals surface area contributed by atoms with Gasteiger partial charge < -0.3 is 15.4 Å². The molecule has 0 unspecified atom stereocenters. The minimum atomic E-state index is -0.382. The summed E-state index contributed by atoms with van der Waals surface area (Å²) < 4.78 is 5.59. The van der Waals surface area contributed by atoms with Gasteiger partial charge in [0.2, 0.25) is 5.91 Å². The normalized spacial score (nSPS) is 11.8. The van der Waals surface area contributed by atoms with E-state index in [1.54, 1.807) is 0 Å². The summed E-state index contributed by atoms with van der Waals surface area (Å²) in [6.07, 6.45) is 2.12. The van der Waals surface area contributed by atoms with Crippen LogP contribution in [0.15, 0.2) is 54.6 Å². The lowest BCUT2D eigenvalue weighted by Gasteiger charge is -2.20. The third kappa shape index (κ3) is 5.10. The van der Waals surface area contributed by atoms with Gasteiger partial charge in [-0.05, 0) is 37.6 Å². The van der Waals surface area contributed by atoms with E-state index in [1.807, 2.05) is 61.5 Å². The minimum Gasteiger partial charge on any atom is -0.492 e. The standard InChI is InChI=1S/C20H26N2O2/c1-3-5-15-21-19(16-11-7-6-8-12-16)20(23)22-17-13-9-10-14-18(17)24-4-2/h6-14,19,21H,3-5,15H2,1-2H3,(H,22,23)/t19-/m1/s1. The fourth-order valence-electron chi connectivity index (χ4n) is 2.49. The highest BCUT2D eigenvalue weighted by Gasteiger charge is 2.20. The Labute approximate surface area is 144 Å². The van der Waals surface area contributed by atoms with Crippen molar-refractivity contribution in [1.82, 2.24) is 5.32 Å². The van der Waals surface area contributed by atoms with Crippen LogP contribution in [0.3, 0.4) is 0 Å². The van der Waals surface area contributed by atoms with Crippen LogP contribution in [0.5, 0.6) is 5.75 Å². The smallest absolute Gasteiger partial charge is 0.246 e. The first-order valence-electron chi connectivity index (χ1n) is 8.57. The van der Waals surface area contributed by atoms with Gasteiger partial charge in [-0.15, -0.1) is 0 Å². The molecule has 2 aromatic carbocycles. The molecular formula is C20H26N2O2. The molecule has 2 rings (SSSR count). The van der Waals surface area contributed by atoms with E-state index in [0.717, 1.165) is 24.9 Å². The van der Waals surface area contributed by atoms with E-state index in [9.17, 15) is 4.79 Å². The monoisotopic (exact) mass is 326 g/mol. The number of hydrogen-bond acceptors (Lipinski definition) is 3. The van der Waals surface area contributed by atoms with E-state index >= 15 is 0 Å². The lowest BCUT2D eigenvalue weighted by atomic mass is 10.1. The highest BCUT2D eigenvalue weighted by Crippen LogP contribution is 2.25. The van der Waals surface area contributed by atoms with Crippen molar-refractivity contribution < 1.29 is 9.53 Å². The molecule has 0 aliphatic carbocycles. The fourth-order valence-corrected chi connectivity index (χ4v) is 2.49. The Morgan fingerprint density at radius 2 is 1.75 bits per heavy atom. The van der Waals surface area contributed by atoms with Crippen molar-refractivity contribution in [2.45, 2.75) is 32.7 Å². The number of hydrogen-bond donors (Lipinski definition) is 2. The van der Waals surface area contributed by atoms with Crippen LogP contribution in [-0.4, -0.2) is 19.1 Å². The Morgan fingerprint density at radius 3 is 2.46 bits per heavy atom. The first-order chi connectivity index (χ1) is 11.8. The van der Waals surface area contributed by atoms with Gasteiger partial charge in [-0.1, -0.05) is 55.8 Å². The zero-order valence-corrected chi connectivity index (χ0v) is 14.4. The summed E-state index contributed by atoms with van der Waals surface area (Å²) in [6.45, 7) is 5.43. The number of ether oxygens (including phenoxy) is 1. The van der Waals surface area contributed by atoms with Gasteiger partial charge in [0, 0.05) is 0 Å². The topological polar surface area (TPSA) is 50.4 Å². The molecule has 0 saturated carbocycles. The van der Waals surface area contributed by atoms with Gasteiger partial charge in [-0.2, -0.15) is 0 Å². The maximum absolute atomic E-state index is 12.8. The number of carbonyl (C=O) groups excluding carboxylic acids is 1. The van der Waals surface area contributed by atoms with E-state index in [4.69, 9.17) is 4.74 Å². The van der Waals surface area contributed by atoms with Crippen molar-refractivity contribution in [3.05, 3.63) is 60.2 Å². The third-order valence-corrected chi connectivity index (χ3v) is 3.72. The maximum atomic E-state index is 12.8. The third-order valence-electron chi connectivity index (χ3n) is 3.72. The van der Waals surface area contributed by atoms with Gasteiger partial charge in [-0.3, -0.25) is 4.79 Å². The molecule has 0 aliphatic rings. The number of anilines is 1. The molecule has 4 nitrogen and oxygen atoms in total. The van der Waals surface area contributed by atoms with Crippen LogP contribution in [0.25, 0.3) is 0 Å². The molecule has 2 aromatic rings. The summed E-state index contributed by atoms with van der Waals surface area (Å²) in [4.78, 5) is 12.8. The summed E-state index contributed by atoms with van der Waals surface area (Å²) in [5.74, 6) is 0.609. The predicted octanol–water partition coefficient (Wildman–Crippen LogP) is 4.15. The zero-order chi connectivity index (χ0) is 17.2. The Bertz CT molecular complexity index is 629. The number of rotatable bonds is 9. The molecule has 2 N–H and O–H groups in total. The molecule has 0 radical (unpaired) electrons. The van der Waals surface area contributed by atoms with Crippen molar-refractivity contribution >= 4 is 11.6 Å². The first kappa shape index (κ1) is 18.0. The molecule has 0 spiro atoms. The molecule has 0 saturated heterocycles. The molecule has 128 valence electrons. The SMILES string of the molecule is CCCCN[C@@H](C(=O)Nc1ccccc1OCC)c1ccccc1. The van der Waals surface area contributed by atoms with E-state index in [1.165, 1.54) is 0 Å². The van der Waals surface area contributed by atoms with E-state index in [0.29, 0.717) is 18.0 Å². The van der Waals surface area contributed by atoms with E-state index in [2.05, 4.69) is 17.6 Å². The molecule has 1 amide bonds. The number of carbonyl (C=O) groups is 1. The van der Waals surface area contributed by atoms with Gasteiger partial charge in [0.25, 0.3) is 0 Å². The zero-order valence-electron chi connectivity index (χ0n) is 14.4. The molecule has 1 atom stereocenters. The van der Waals surface area contributed by atoms with Crippen LogP contribution in [0, 0.1) is 0 Å². The first-order valence-corrected chi connectivity index (χ1v) is 8.57. The average Bonchev–Trinajstić information content (AvgIpc) is 2.61. The van der Waals surface area contributed by atoms with Crippen LogP contribution in [0.4, 0.5) is 5.69 Å². The number of benzene rings is 2. The van der Waals surface area contributed by atoms with Crippen molar-refractivity contribution in [3.63, 3.8) is 0 Å². The lowest BCUT2D eigenvalue weighted by molar-refractivity contribution is -0.118. The highest BCUT2D eigenvalue weighted by molar-refractivity contribution is 5.96. The van der Waals surface area contributed by atoms with Gasteiger partial charge in [0.15, 0.2) is 0 Å². The molecule has 0 aliphatic heterocycles. The summed E-state index contributed by atoms with van der Waals surface area (Å²) >= 11 is 0. The summed E-state index contributed by atoms with van der Waals surface area (Å²) in [5.41, 5.74) is 1.66. The van der Waals surface area contributed by atoms with Crippen LogP contribution < -0.4 is 15.4 Å². The summed E-state index contributed by atoms with van der Waals surface area (Å²) in [6, 6.07) is 16.9. The molecule has 24 heavy (non-hydrogen) atoms. The van der Waals surface area contributed by atoms with E-state index < -0.39 is 0 Å². The van der Waals surface area contributed by atoms with Gasteiger partial charge in [-0.25, -0.2) is 0 Å². The molecule has 0 aromatic heterocycles.